The maximum absolute atomic E-state index is 10.8. The van der Waals surface area contributed by atoms with Crippen LogP contribution in [0.4, 0.5) is 0 Å². The molecule has 66 valence electrons. The van der Waals surface area contributed by atoms with Crippen LogP contribution >= 0.6 is 0 Å². The summed E-state index contributed by atoms with van der Waals surface area (Å²) in [5.41, 5.74) is 0. The van der Waals surface area contributed by atoms with Crippen molar-refractivity contribution in [3.63, 3.8) is 0 Å². The molecule has 0 N–H and O–H groups in total. The molecule has 0 atom stereocenters. The number of hydrogen-bond acceptors (Lipinski definition) is 3. The Morgan fingerprint density at radius 3 is 2.55 bits per heavy atom. The topological polar surface area (TPSA) is 35.5 Å². The fraction of sp³-hybridized carbons (Fsp3) is 0.875. The second kappa shape index (κ2) is 6.16. The Kier molecular flexibility index (Phi) is 5.84. The fourth-order valence-electron chi connectivity index (χ4n) is 0.492. The van der Waals surface area contributed by atoms with Crippen molar-refractivity contribution in [1.29, 1.82) is 0 Å². The van der Waals surface area contributed by atoms with Crippen molar-refractivity contribution in [2.75, 3.05) is 13.2 Å². The lowest BCUT2D eigenvalue weighted by molar-refractivity contribution is -0.150. The Morgan fingerprint density at radius 2 is 2.09 bits per heavy atom. The van der Waals surface area contributed by atoms with Gasteiger partial charge in [0.05, 0.1) is 12.7 Å². The van der Waals surface area contributed by atoms with Crippen LogP contribution in [0.5, 0.6) is 0 Å². The Balaban J connectivity index is 3.23. The van der Waals surface area contributed by atoms with E-state index >= 15 is 0 Å². The summed E-state index contributed by atoms with van der Waals surface area (Å²) in [4.78, 5) is 10.8. The van der Waals surface area contributed by atoms with Gasteiger partial charge < -0.3 is 9.47 Å². The van der Waals surface area contributed by atoms with Gasteiger partial charge in [-0.2, -0.15) is 0 Å². The van der Waals surface area contributed by atoms with Crippen LogP contribution in [-0.4, -0.2) is 25.3 Å². The Labute approximate surface area is 67.7 Å². The van der Waals surface area contributed by atoms with E-state index in [1.807, 2.05) is 20.8 Å². The Morgan fingerprint density at radius 1 is 1.45 bits per heavy atom. The monoisotopic (exact) mass is 160 g/mol. The molecule has 0 saturated carbocycles. The average Bonchev–Trinajstić information content (AvgIpc) is 1.97. The van der Waals surface area contributed by atoms with E-state index in [1.54, 1.807) is 0 Å². The van der Waals surface area contributed by atoms with Crippen molar-refractivity contribution in [3.8, 4) is 0 Å². The molecule has 0 radical (unpaired) electrons. The van der Waals surface area contributed by atoms with Crippen LogP contribution in [0, 0.1) is 0 Å². The smallest absolute Gasteiger partial charge is 0.332 e. The van der Waals surface area contributed by atoms with Gasteiger partial charge in [-0.05, 0) is 20.3 Å². The van der Waals surface area contributed by atoms with Gasteiger partial charge in [0.2, 0.25) is 0 Å². The second-order valence-electron chi connectivity index (χ2n) is 2.58. The molecule has 0 aromatic rings. The molecule has 0 spiro atoms. The van der Waals surface area contributed by atoms with Crippen molar-refractivity contribution in [2.24, 2.45) is 0 Å². The van der Waals surface area contributed by atoms with Crippen molar-refractivity contribution in [3.05, 3.63) is 0 Å². The minimum Gasteiger partial charge on any atom is -0.464 e. The molecule has 0 amide bonds. The lowest BCUT2D eigenvalue weighted by Gasteiger charge is -2.06. The molecule has 0 fully saturated rings. The molecular formula is C8H16O3. The van der Waals surface area contributed by atoms with Crippen LogP contribution in [-0.2, 0) is 14.3 Å². The van der Waals surface area contributed by atoms with Crippen molar-refractivity contribution < 1.29 is 14.3 Å². The van der Waals surface area contributed by atoms with Gasteiger partial charge in [0, 0.05) is 0 Å². The molecule has 0 unspecified atom stereocenters. The summed E-state index contributed by atoms with van der Waals surface area (Å²) in [5, 5.41) is 0. The quantitative estimate of drug-likeness (QED) is 0.570. The van der Waals surface area contributed by atoms with E-state index < -0.39 is 0 Å². The van der Waals surface area contributed by atoms with Gasteiger partial charge in [0.15, 0.2) is 0 Å². The Bertz CT molecular complexity index is 110. The van der Waals surface area contributed by atoms with Gasteiger partial charge in [-0.1, -0.05) is 6.92 Å². The van der Waals surface area contributed by atoms with E-state index in [1.165, 1.54) is 0 Å². The van der Waals surface area contributed by atoms with Gasteiger partial charge in [0.25, 0.3) is 0 Å². The average molecular weight is 160 g/mol. The third kappa shape index (κ3) is 7.33. The summed E-state index contributed by atoms with van der Waals surface area (Å²) < 4.78 is 9.80. The van der Waals surface area contributed by atoms with Crippen LogP contribution < -0.4 is 0 Å². The van der Waals surface area contributed by atoms with E-state index in [4.69, 9.17) is 9.47 Å². The molecule has 0 heterocycles. The molecule has 0 bridgehead atoms. The molecule has 0 aromatic carbocycles. The van der Waals surface area contributed by atoms with E-state index in [0.717, 1.165) is 6.42 Å². The van der Waals surface area contributed by atoms with Gasteiger partial charge >= 0.3 is 5.97 Å². The SMILES string of the molecule is CCCOC(=O)COC(C)C. The van der Waals surface area contributed by atoms with E-state index in [0.29, 0.717) is 6.61 Å². The number of esters is 1. The zero-order valence-electron chi connectivity index (χ0n) is 7.42. The van der Waals surface area contributed by atoms with Crippen molar-refractivity contribution in [2.45, 2.75) is 33.3 Å². The molecule has 11 heavy (non-hydrogen) atoms. The first kappa shape index (κ1) is 10.4. The van der Waals surface area contributed by atoms with Crippen LogP contribution in [0.15, 0.2) is 0 Å². The minimum absolute atomic E-state index is 0.0671. The summed E-state index contributed by atoms with van der Waals surface area (Å²) in [6.45, 7) is 6.27. The molecule has 3 heteroatoms. The van der Waals surface area contributed by atoms with Crippen LogP contribution in [0.25, 0.3) is 0 Å². The highest BCUT2D eigenvalue weighted by molar-refractivity contribution is 5.70. The third-order valence-electron chi connectivity index (χ3n) is 1.00. The molecular weight excluding hydrogens is 144 g/mol. The predicted octanol–water partition coefficient (Wildman–Crippen LogP) is 1.36. The minimum atomic E-state index is -0.277. The standard InChI is InChI=1S/C8H16O3/c1-4-5-10-8(9)6-11-7(2)3/h7H,4-6H2,1-3H3. The fourth-order valence-corrected chi connectivity index (χ4v) is 0.492. The zero-order valence-corrected chi connectivity index (χ0v) is 7.42. The number of rotatable bonds is 5. The molecule has 0 aromatic heterocycles. The molecule has 0 aliphatic rings. The zero-order chi connectivity index (χ0) is 8.69. The molecule has 3 nitrogen and oxygen atoms in total. The summed E-state index contributed by atoms with van der Waals surface area (Å²) in [6.07, 6.45) is 0.942. The lowest BCUT2D eigenvalue weighted by atomic mass is 10.5. The Hall–Kier alpha value is -0.570. The van der Waals surface area contributed by atoms with Gasteiger partial charge in [-0.15, -0.1) is 0 Å². The first-order valence-electron chi connectivity index (χ1n) is 3.94. The number of carbonyl (C=O) groups is 1. The van der Waals surface area contributed by atoms with E-state index in [9.17, 15) is 4.79 Å². The predicted molar refractivity (Wildman–Crippen MR) is 42.3 cm³/mol. The summed E-state index contributed by atoms with van der Waals surface area (Å²) in [7, 11) is 0. The van der Waals surface area contributed by atoms with E-state index in [-0.39, 0.29) is 18.7 Å². The van der Waals surface area contributed by atoms with Gasteiger partial charge in [0.1, 0.15) is 6.61 Å². The van der Waals surface area contributed by atoms with Crippen molar-refractivity contribution >= 4 is 5.97 Å². The largest absolute Gasteiger partial charge is 0.464 e. The van der Waals surface area contributed by atoms with Crippen LogP contribution in [0.1, 0.15) is 27.2 Å². The van der Waals surface area contributed by atoms with Gasteiger partial charge in [-0.3, -0.25) is 0 Å². The summed E-state index contributed by atoms with van der Waals surface area (Å²) in [6, 6.07) is 0. The number of ether oxygens (including phenoxy) is 2. The molecule has 0 rings (SSSR count). The van der Waals surface area contributed by atoms with E-state index in [2.05, 4.69) is 0 Å². The first-order chi connectivity index (χ1) is 5.16. The third-order valence-corrected chi connectivity index (χ3v) is 1.00. The highest BCUT2D eigenvalue weighted by atomic mass is 16.6. The van der Waals surface area contributed by atoms with Crippen LogP contribution in [0.2, 0.25) is 0 Å². The lowest BCUT2D eigenvalue weighted by Crippen LogP contribution is -2.16. The molecule has 0 saturated heterocycles. The number of hydrogen-bond donors (Lipinski definition) is 0. The maximum atomic E-state index is 10.8. The summed E-state index contributed by atoms with van der Waals surface area (Å²) >= 11 is 0. The van der Waals surface area contributed by atoms with Crippen molar-refractivity contribution in [1.82, 2.24) is 0 Å². The van der Waals surface area contributed by atoms with Crippen LogP contribution in [0.3, 0.4) is 0 Å². The second-order valence-corrected chi connectivity index (χ2v) is 2.58. The number of carbonyl (C=O) groups excluding carboxylic acids is 1. The normalized spacial score (nSPS) is 10.2. The summed E-state index contributed by atoms with van der Waals surface area (Å²) in [5.74, 6) is -0.277. The molecule has 0 aliphatic carbocycles. The maximum Gasteiger partial charge on any atom is 0.332 e. The van der Waals surface area contributed by atoms with Gasteiger partial charge in [-0.25, -0.2) is 4.79 Å². The highest BCUT2D eigenvalue weighted by Gasteiger charge is 2.02. The highest BCUT2D eigenvalue weighted by Crippen LogP contribution is 1.89. The molecule has 0 aliphatic heterocycles. The first-order valence-corrected chi connectivity index (χ1v) is 3.94.